The summed E-state index contributed by atoms with van der Waals surface area (Å²) in [6.45, 7) is 8.28. The van der Waals surface area contributed by atoms with Gasteiger partial charge in [0.25, 0.3) is 0 Å². The first-order valence-corrected chi connectivity index (χ1v) is 7.82. The molecule has 1 N–H and O–H groups in total. The van der Waals surface area contributed by atoms with Crippen LogP contribution in [0.5, 0.6) is 0 Å². The fourth-order valence-electron chi connectivity index (χ4n) is 3.86. The van der Waals surface area contributed by atoms with Crippen LogP contribution in [0.15, 0.2) is 0 Å². The molecule has 17 heavy (non-hydrogen) atoms. The molecule has 2 aliphatic rings. The van der Waals surface area contributed by atoms with Gasteiger partial charge in [-0.3, -0.25) is 4.90 Å². The summed E-state index contributed by atoms with van der Waals surface area (Å²) in [6.07, 6.45) is 10.1. The smallest absolute Gasteiger partial charge is 0.0192 e. The first kappa shape index (κ1) is 13.4. The molecule has 0 spiro atoms. The average Bonchev–Trinajstić information content (AvgIpc) is 2.98. The fourth-order valence-corrected chi connectivity index (χ4v) is 3.86. The van der Waals surface area contributed by atoms with Crippen molar-refractivity contribution in [3.8, 4) is 0 Å². The molecule has 1 aliphatic carbocycles. The zero-order chi connectivity index (χ0) is 12.1. The van der Waals surface area contributed by atoms with Gasteiger partial charge in [0.15, 0.2) is 0 Å². The Morgan fingerprint density at radius 1 is 1.12 bits per heavy atom. The largest absolute Gasteiger partial charge is 0.313 e. The summed E-state index contributed by atoms with van der Waals surface area (Å²) in [4.78, 5) is 2.80. The maximum atomic E-state index is 3.63. The number of hydrogen-bond acceptors (Lipinski definition) is 2. The predicted octanol–water partition coefficient (Wildman–Crippen LogP) is 3.03. The topological polar surface area (TPSA) is 15.3 Å². The maximum absolute atomic E-state index is 3.63. The normalized spacial score (nSPS) is 28.9. The molecule has 0 bridgehead atoms. The Morgan fingerprint density at radius 3 is 2.53 bits per heavy atom. The summed E-state index contributed by atoms with van der Waals surface area (Å²) in [7, 11) is 0. The maximum Gasteiger partial charge on any atom is 0.0192 e. The molecule has 2 heteroatoms. The highest BCUT2D eigenvalue weighted by molar-refractivity contribution is 4.89. The van der Waals surface area contributed by atoms with E-state index in [1.165, 1.54) is 58.0 Å². The van der Waals surface area contributed by atoms with E-state index in [1.54, 1.807) is 0 Å². The first-order chi connectivity index (χ1) is 8.35. The van der Waals surface area contributed by atoms with Gasteiger partial charge < -0.3 is 5.32 Å². The van der Waals surface area contributed by atoms with Crippen molar-refractivity contribution in [2.45, 2.75) is 70.9 Å². The standard InChI is InChI=1S/C15H30N2/c1-3-14(16-4-2)12-17-11-7-10-15(17)13-8-5-6-9-13/h13-16H,3-12H2,1-2H3. The van der Waals surface area contributed by atoms with E-state index in [4.69, 9.17) is 0 Å². The minimum absolute atomic E-state index is 0.710. The van der Waals surface area contributed by atoms with Gasteiger partial charge in [-0.15, -0.1) is 0 Å². The molecule has 1 saturated carbocycles. The molecule has 2 atom stereocenters. The van der Waals surface area contributed by atoms with Crippen LogP contribution in [-0.2, 0) is 0 Å². The molecule has 2 nitrogen and oxygen atoms in total. The zero-order valence-corrected chi connectivity index (χ0v) is 11.8. The summed E-state index contributed by atoms with van der Waals surface area (Å²) >= 11 is 0. The molecule has 0 aromatic carbocycles. The van der Waals surface area contributed by atoms with E-state index in [0.29, 0.717) is 6.04 Å². The van der Waals surface area contributed by atoms with Crippen LogP contribution in [0.1, 0.15) is 58.8 Å². The number of likely N-dealkylation sites (tertiary alicyclic amines) is 1. The quantitative estimate of drug-likeness (QED) is 0.765. The number of nitrogens with one attached hydrogen (secondary N) is 1. The molecule has 2 fully saturated rings. The van der Waals surface area contributed by atoms with Crippen molar-refractivity contribution in [3.63, 3.8) is 0 Å². The van der Waals surface area contributed by atoms with Crippen LogP contribution in [-0.4, -0.2) is 36.6 Å². The highest BCUT2D eigenvalue weighted by Gasteiger charge is 2.33. The Labute approximate surface area is 107 Å². The molecule has 1 aliphatic heterocycles. The van der Waals surface area contributed by atoms with Gasteiger partial charge in [0, 0.05) is 18.6 Å². The second-order valence-corrected chi connectivity index (χ2v) is 5.91. The van der Waals surface area contributed by atoms with Crippen LogP contribution in [0.25, 0.3) is 0 Å². The van der Waals surface area contributed by atoms with Crippen molar-refractivity contribution >= 4 is 0 Å². The number of hydrogen-bond donors (Lipinski definition) is 1. The average molecular weight is 238 g/mol. The van der Waals surface area contributed by atoms with Crippen molar-refractivity contribution in [3.05, 3.63) is 0 Å². The minimum atomic E-state index is 0.710. The molecule has 0 aromatic rings. The Bertz CT molecular complexity index is 211. The molecular formula is C15H30N2. The monoisotopic (exact) mass is 238 g/mol. The zero-order valence-electron chi connectivity index (χ0n) is 11.8. The Balaban J connectivity index is 1.85. The third-order valence-corrected chi connectivity index (χ3v) is 4.80. The van der Waals surface area contributed by atoms with Crippen molar-refractivity contribution in [2.75, 3.05) is 19.6 Å². The second-order valence-electron chi connectivity index (χ2n) is 5.91. The minimum Gasteiger partial charge on any atom is -0.313 e. The summed E-state index contributed by atoms with van der Waals surface area (Å²) in [5.74, 6) is 1.02. The lowest BCUT2D eigenvalue weighted by Crippen LogP contribution is -2.44. The summed E-state index contributed by atoms with van der Waals surface area (Å²) in [6, 6.07) is 1.63. The van der Waals surface area contributed by atoms with Crippen LogP contribution in [0.2, 0.25) is 0 Å². The van der Waals surface area contributed by atoms with Crippen LogP contribution >= 0.6 is 0 Å². The molecular weight excluding hydrogens is 208 g/mol. The van der Waals surface area contributed by atoms with Crippen molar-refractivity contribution in [1.29, 1.82) is 0 Å². The van der Waals surface area contributed by atoms with Gasteiger partial charge in [0.2, 0.25) is 0 Å². The van der Waals surface area contributed by atoms with Crippen LogP contribution < -0.4 is 5.32 Å². The molecule has 0 amide bonds. The van der Waals surface area contributed by atoms with Crippen LogP contribution in [0, 0.1) is 5.92 Å². The van der Waals surface area contributed by atoms with Crippen LogP contribution in [0.4, 0.5) is 0 Å². The summed E-state index contributed by atoms with van der Waals surface area (Å²) < 4.78 is 0. The Hall–Kier alpha value is -0.0800. The van der Waals surface area contributed by atoms with Gasteiger partial charge in [0.1, 0.15) is 0 Å². The predicted molar refractivity (Wildman–Crippen MR) is 74.3 cm³/mol. The van der Waals surface area contributed by atoms with E-state index in [1.807, 2.05) is 0 Å². The van der Waals surface area contributed by atoms with Crippen molar-refractivity contribution in [2.24, 2.45) is 5.92 Å². The third kappa shape index (κ3) is 3.45. The van der Waals surface area contributed by atoms with E-state index in [2.05, 4.69) is 24.1 Å². The van der Waals surface area contributed by atoms with Gasteiger partial charge in [0.05, 0.1) is 0 Å². The van der Waals surface area contributed by atoms with Gasteiger partial charge in [-0.25, -0.2) is 0 Å². The van der Waals surface area contributed by atoms with E-state index >= 15 is 0 Å². The van der Waals surface area contributed by atoms with E-state index < -0.39 is 0 Å². The number of rotatable bonds is 6. The van der Waals surface area contributed by atoms with E-state index in [0.717, 1.165) is 18.5 Å². The first-order valence-electron chi connectivity index (χ1n) is 7.82. The molecule has 1 heterocycles. The third-order valence-electron chi connectivity index (χ3n) is 4.80. The summed E-state index contributed by atoms with van der Waals surface area (Å²) in [5.41, 5.74) is 0. The van der Waals surface area contributed by atoms with Crippen molar-refractivity contribution < 1.29 is 0 Å². The van der Waals surface area contributed by atoms with E-state index in [9.17, 15) is 0 Å². The van der Waals surface area contributed by atoms with E-state index in [-0.39, 0.29) is 0 Å². The second kappa shape index (κ2) is 6.75. The molecule has 0 aromatic heterocycles. The lowest BCUT2D eigenvalue weighted by atomic mass is 9.95. The number of likely N-dealkylation sites (N-methyl/N-ethyl adjacent to an activating group) is 1. The van der Waals surface area contributed by atoms with Gasteiger partial charge in [-0.05, 0) is 51.1 Å². The SMILES string of the molecule is CCNC(CC)CN1CCCC1C1CCCC1. The van der Waals surface area contributed by atoms with Crippen LogP contribution in [0.3, 0.4) is 0 Å². The Kier molecular flexibility index (Phi) is 5.30. The highest BCUT2D eigenvalue weighted by atomic mass is 15.2. The molecule has 1 saturated heterocycles. The molecule has 2 rings (SSSR count). The molecule has 0 radical (unpaired) electrons. The Morgan fingerprint density at radius 2 is 1.88 bits per heavy atom. The highest BCUT2D eigenvalue weighted by Crippen LogP contribution is 2.35. The number of nitrogens with zero attached hydrogens (tertiary/aromatic N) is 1. The molecule has 2 unspecified atom stereocenters. The fraction of sp³-hybridized carbons (Fsp3) is 1.00. The summed E-state index contributed by atoms with van der Waals surface area (Å²) in [5, 5.41) is 3.63. The molecule has 100 valence electrons. The lowest BCUT2D eigenvalue weighted by Gasteiger charge is -2.32. The van der Waals surface area contributed by atoms with Gasteiger partial charge in [-0.2, -0.15) is 0 Å². The lowest BCUT2D eigenvalue weighted by molar-refractivity contribution is 0.171. The van der Waals surface area contributed by atoms with Gasteiger partial charge >= 0.3 is 0 Å². The van der Waals surface area contributed by atoms with Crippen molar-refractivity contribution in [1.82, 2.24) is 10.2 Å². The van der Waals surface area contributed by atoms with Gasteiger partial charge in [-0.1, -0.05) is 26.7 Å².